The van der Waals surface area contributed by atoms with E-state index in [2.05, 4.69) is 9.97 Å². The van der Waals surface area contributed by atoms with Crippen LogP contribution < -0.4 is 0 Å². The Labute approximate surface area is 127 Å². The van der Waals surface area contributed by atoms with Gasteiger partial charge in [-0.15, -0.1) is 0 Å². The van der Waals surface area contributed by atoms with Crippen LogP contribution >= 0.6 is 0 Å². The molecule has 3 heterocycles. The molecule has 0 spiro atoms. The van der Waals surface area contributed by atoms with Gasteiger partial charge in [-0.2, -0.15) is 0 Å². The lowest BCUT2D eigenvalue weighted by molar-refractivity contribution is -0.143. The fourth-order valence-electron chi connectivity index (χ4n) is 2.68. The quantitative estimate of drug-likeness (QED) is 0.658. The third-order valence-corrected chi connectivity index (χ3v) is 4.08. The van der Waals surface area contributed by atoms with E-state index in [0.29, 0.717) is 45.0 Å². The number of aromatic nitrogens is 2. The Morgan fingerprint density at radius 2 is 1.82 bits per heavy atom. The number of amides is 3. The highest BCUT2D eigenvalue weighted by Gasteiger charge is 2.39. The van der Waals surface area contributed by atoms with Gasteiger partial charge in [0.15, 0.2) is 0 Å². The molecule has 0 atom stereocenters. The monoisotopic (exact) mass is 303 g/mol. The van der Waals surface area contributed by atoms with E-state index in [9.17, 15) is 14.4 Å². The van der Waals surface area contributed by atoms with Gasteiger partial charge in [-0.3, -0.25) is 19.4 Å². The average molecular weight is 303 g/mol. The van der Waals surface area contributed by atoms with Gasteiger partial charge < -0.3 is 14.7 Å². The topological polar surface area (TPSA) is 86.7 Å². The second-order valence-corrected chi connectivity index (χ2v) is 5.46. The molecule has 116 valence electrons. The van der Waals surface area contributed by atoms with Crippen LogP contribution in [0.25, 0.3) is 0 Å². The zero-order valence-corrected chi connectivity index (χ0v) is 12.1. The maximum absolute atomic E-state index is 12.3. The van der Waals surface area contributed by atoms with E-state index in [0.717, 1.165) is 6.41 Å². The van der Waals surface area contributed by atoms with E-state index in [-0.39, 0.29) is 17.7 Å². The Morgan fingerprint density at radius 3 is 2.41 bits per heavy atom. The second kappa shape index (κ2) is 6.08. The van der Waals surface area contributed by atoms with Gasteiger partial charge in [0.2, 0.25) is 12.3 Å². The van der Waals surface area contributed by atoms with Crippen molar-refractivity contribution in [3.63, 3.8) is 0 Å². The zero-order valence-electron chi connectivity index (χ0n) is 12.1. The molecule has 3 amide bonds. The molecule has 0 N–H and O–H groups in total. The first-order valence-corrected chi connectivity index (χ1v) is 7.22. The van der Waals surface area contributed by atoms with Crippen molar-refractivity contribution in [1.82, 2.24) is 24.7 Å². The van der Waals surface area contributed by atoms with Gasteiger partial charge >= 0.3 is 0 Å². The zero-order chi connectivity index (χ0) is 15.5. The molecule has 0 saturated carbocycles. The van der Waals surface area contributed by atoms with E-state index in [1.165, 1.54) is 18.6 Å². The molecule has 0 unspecified atom stereocenters. The Bertz CT molecular complexity index is 565. The molecular formula is C14H17N5O3. The van der Waals surface area contributed by atoms with E-state index < -0.39 is 0 Å². The summed E-state index contributed by atoms with van der Waals surface area (Å²) >= 11 is 0. The fraction of sp³-hybridized carbons (Fsp3) is 0.500. The van der Waals surface area contributed by atoms with E-state index in [4.69, 9.17) is 0 Å². The molecule has 0 bridgehead atoms. The van der Waals surface area contributed by atoms with Crippen LogP contribution in [-0.2, 0) is 9.59 Å². The molecule has 2 aliphatic heterocycles. The van der Waals surface area contributed by atoms with Crippen LogP contribution in [0.3, 0.4) is 0 Å². The lowest BCUT2D eigenvalue weighted by Gasteiger charge is -2.42. The molecule has 0 aromatic carbocycles. The lowest BCUT2D eigenvalue weighted by atomic mass is 9.97. The minimum Gasteiger partial charge on any atom is -0.342 e. The molecule has 0 aliphatic carbocycles. The first-order chi connectivity index (χ1) is 10.7. The van der Waals surface area contributed by atoms with Gasteiger partial charge in [-0.1, -0.05) is 0 Å². The van der Waals surface area contributed by atoms with Gasteiger partial charge in [0.1, 0.15) is 5.69 Å². The molecule has 2 aliphatic rings. The summed E-state index contributed by atoms with van der Waals surface area (Å²) in [6.45, 7) is 3.11. The minimum atomic E-state index is -0.192. The number of hydrogen-bond donors (Lipinski definition) is 0. The highest BCUT2D eigenvalue weighted by Crippen LogP contribution is 2.20. The van der Waals surface area contributed by atoms with Crippen LogP contribution in [0.1, 0.15) is 10.5 Å². The van der Waals surface area contributed by atoms with Crippen molar-refractivity contribution in [2.45, 2.75) is 0 Å². The number of carbonyl (C=O) groups excluding carboxylic acids is 3. The third kappa shape index (κ3) is 2.76. The molecular weight excluding hydrogens is 286 g/mol. The van der Waals surface area contributed by atoms with E-state index >= 15 is 0 Å². The summed E-state index contributed by atoms with van der Waals surface area (Å²) in [6.07, 6.45) is 5.23. The van der Waals surface area contributed by atoms with Crippen molar-refractivity contribution in [3.8, 4) is 0 Å². The standard InChI is InChI=1S/C14H17N5O3/c20-10-17-3-5-18(6-4-17)13(21)11-8-19(9-11)14(22)12-7-15-1-2-16-12/h1-2,7,10-11H,3-6,8-9H2. The van der Waals surface area contributed by atoms with Crippen LogP contribution in [0.2, 0.25) is 0 Å². The maximum Gasteiger partial charge on any atom is 0.274 e. The number of hydrogen-bond acceptors (Lipinski definition) is 5. The summed E-state index contributed by atoms with van der Waals surface area (Å²) in [4.78, 5) is 48.0. The summed E-state index contributed by atoms with van der Waals surface area (Å²) in [6, 6.07) is 0. The van der Waals surface area contributed by atoms with Crippen molar-refractivity contribution in [3.05, 3.63) is 24.3 Å². The Balaban J connectivity index is 1.50. The Kier molecular flexibility index (Phi) is 3.99. The van der Waals surface area contributed by atoms with Crippen molar-refractivity contribution in [2.75, 3.05) is 39.3 Å². The highest BCUT2D eigenvalue weighted by molar-refractivity contribution is 5.94. The Morgan fingerprint density at radius 1 is 1.09 bits per heavy atom. The van der Waals surface area contributed by atoms with Gasteiger partial charge in [-0.25, -0.2) is 4.98 Å². The molecule has 1 aromatic heterocycles. The third-order valence-electron chi connectivity index (χ3n) is 4.08. The van der Waals surface area contributed by atoms with Crippen molar-refractivity contribution >= 4 is 18.2 Å². The van der Waals surface area contributed by atoms with Crippen LogP contribution in [0.15, 0.2) is 18.6 Å². The summed E-state index contributed by atoms with van der Waals surface area (Å²) < 4.78 is 0. The molecule has 8 heteroatoms. The van der Waals surface area contributed by atoms with Gasteiger partial charge in [0, 0.05) is 51.7 Å². The first kappa shape index (κ1) is 14.4. The normalized spacial score (nSPS) is 18.8. The van der Waals surface area contributed by atoms with Crippen LogP contribution in [0, 0.1) is 5.92 Å². The Hall–Kier alpha value is -2.51. The summed E-state index contributed by atoms with van der Waals surface area (Å²) in [7, 11) is 0. The average Bonchev–Trinajstić information content (AvgIpc) is 2.54. The van der Waals surface area contributed by atoms with Gasteiger partial charge in [0.25, 0.3) is 5.91 Å². The van der Waals surface area contributed by atoms with Crippen molar-refractivity contribution in [2.24, 2.45) is 5.92 Å². The molecule has 2 saturated heterocycles. The van der Waals surface area contributed by atoms with Crippen molar-refractivity contribution < 1.29 is 14.4 Å². The summed E-state index contributed by atoms with van der Waals surface area (Å²) in [5.74, 6) is -0.278. The molecule has 3 rings (SSSR count). The predicted octanol–water partition coefficient (Wildman–Crippen LogP) is -1.15. The van der Waals surface area contributed by atoms with E-state index in [1.807, 2.05) is 0 Å². The van der Waals surface area contributed by atoms with Crippen molar-refractivity contribution in [1.29, 1.82) is 0 Å². The molecule has 0 radical (unpaired) electrons. The number of rotatable bonds is 3. The maximum atomic E-state index is 12.3. The molecule has 22 heavy (non-hydrogen) atoms. The van der Waals surface area contributed by atoms with Gasteiger partial charge in [-0.05, 0) is 0 Å². The van der Waals surface area contributed by atoms with Crippen LogP contribution in [-0.4, -0.2) is 82.2 Å². The van der Waals surface area contributed by atoms with Crippen LogP contribution in [0.4, 0.5) is 0 Å². The smallest absolute Gasteiger partial charge is 0.274 e. The second-order valence-electron chi connectivity index (χ2n) is 5.46. The number of piperazine rings is 1. The molecule has 1 aromatic rings. The first-order valence-electron chi connectivity index (χ1n) is 7.22. The predicted molar refractivity (Wildman–Crippen MR) is 75.6 cm³/mol. The largest absolute Gasteiger partial charge is 0.342 e. The van der Waals surface area contributed by atoms with E-state index in [1.54, 1.807) is 14.7 Å². The summed E-state index contributed by atoms with van der Waals surface area (Å²) in [5.41, 5.74) is 0.299. The van der Waals surface area contributed by atoms with Crippen LogP contribution in [0.5, 0.6) is 0 Å². The van der Waals surface area contributed by atoms with Gasteiger partial charge in [0.05, 0.1) is 12.1 Å². The SMILES string of the molecule is O=CN1CCN(C(=O)C2CN(C(=O)c3cnccn3)C2)CC1. The number of carbonyl (C=O) groups is 3. The molecule has 2 fully saturated rings. The lowest BCUT2D eigenvalue weighted by Crippen LogP contribution is -2.59. The molecule has 8 nitrogen and oxygen atoms in total. The number of likely N-dealkylation sites (tertiary alicyclic amines) is 1. The summed E-state index contributed by atoms with van der Waals surface area (Å²) in [5, 5.41) is 0. The highest BCUT2D eigenvalue weighted by atomic mass is 16.2. The number of nitrogens with zero attached hydrogens (tertiary/aromatic N) is 5. The fourth-order valence-corrected chi connectivity index (χ4v) is 2.68. The minimum absolute atomic E-state index is 0.0637.